The Morgan fingerprint density at radius 1 is 1.03 bits per heavy atom. The highest BCUT2D eigenvalue weighted by Gasteiger charge is 2.73. The Morgan fingerprint density at radius 3 is 2.30 bits per heavy atom. The van der Waals surface area contributed by atoms with Crippen LogP contribution in [0, 0.1) is 11.3 Å². The summed E-state index contributed by atoms with van der Waals surface area (Å²) in [5.74, 6) is 0.549. The third-order valence-corrected chi connectivity index (χ3v) is 6.84. The van der Waals surface area contributed by atoms with Gasteiger partial charge in [0.1, 0.15) is 33.4 Å². The molecule has 1 aliphatic carbocycles. The minimum atomic E-state index is -1.31. The molecule has 1 heterocycles. The van der Waals surface area contributed by atoms with Gasteiger partial charge in [0.05, 0.1) is 6.61 Å². The summed E-state index contributed by atoms with van der Waals surface area (Å²) >= 11 is 12.9. The molecule has 1 saturated heterocycles. The molecule has 0 aromatic heterocycles. The van der Waals surface area contributed by atoms with Crippen LogP contribution in [0.1, 0.15) is 35.3 Å². The third kappa shape index (κ3) is 4.18. The first-order valence-corrected chi connectivity index (χ1v) is 11.2. The van der Waals surface area contributed by atoms with Gasteiger partial charge in [-0.05, 0) is 35.4 Å². The Bertz CT molecular complexity index is 1220. The number of hydrogen-bond acceptors (Lipinski definition) is 5. The molecule has 3 aromatic rings. The van der Waals surface area contributed by atoms with Crippen LogP contribution >= 0.6 is 23.2 Å². The number of hydrogen-bond donors (Lipinski definition) is 0. The molecule has 5 nitrogen and oxygen atoms in total. The summed E-state index contributed by atoms with van der Waals surface area (Å²) in [5, 5.41) is 9.75. The zero-order valence-electron chi connectivity index (χ0n) is 17.4. The van der Waals surface area contributed by atoms with E-state index in [1.165, 1.54) is 0 Å². The third-order valence-electron chi connectivity index (χ3n) is 5.93. The van der Waals surface area contributed by atoms with Gasteiger partial charge in [0, 0.05) is 12.0 Å². The molecule has 2 aliphatic rings. The second kappa shape index (κ2) is 8.39. The van der Waals surface area contributed by atoms with Crippen LogP contribution in [0.25, 0.3) is 0 Å². The number of carbonyl (C=O) groups excluding carboxylic acids is 1. The number of halogens is 2. The number of para-hydroxylation sites is 1. The lowest BCUT2D eigenvalue weighted by molar-refractivity contribution is -0.150. The number of nitriles is 1. The largest absolute Gasteiger partial charge is 0.457 e. The summed E-state index contributed by atoms with van der Waals surface area (Å²) in [5.41, 5.74) is 0.945. The van der Waals surface area contributed by atoms with E-state index in [0.717, 1.165) is 5.56 Å². The quantitative estimate of drug-likeness (QED) is 0.230. The van der Waals surface area contributed by atoms with Crippen molar-refractivity contribution in [3.8, 4) is 17.6 Å². The summed E-state index contributed by atoms with van der Waals surface area (Å²) < 4.78 is 15.5. The highest BCUT2D eigenvalue weighted by atomic mass is 35.5. The van der Waals surface area contributed by atoms with Crippen LogP contribution in [0.15, 0.2) is 78.9 Å². The minimum absolute atomic E-state index is 0.103. The average Bonchev–Trinajstić information content (AvgIpc) is 3.75. The van der Waals surface area contributed by atoms with Crippen molar-refractivity contribution in [2.45, 2.75) is 28.4 Å². The summed E-state index contributed by atoms with van der Waals surface area (Å²) in [4.78, 5) is 13.3. The lowest BCUT2D eigenvalue weighted by atomic mass is 9.94. The van der Waals surface area contributed by atoms with Crippen molar-refractivity contribution >= 4 is 29.2 Å². The van der Waals surface area contributed by atoms with E-state index < -0.39 is 21.8 Å². The number of ether oxygens (including phenoxy) is 3. The Kier molecular flexibility index (Phi) is 5.54. The van der Waals surface area contributed by atoms with Gasteiger partial charge >= 0.3 is 5.97 Å². The van der Waals surface area contributed by atoms with Gasteiger partial charge in [-0.1, -0.05) is 77.8 Å². The zero-order chi connectivity index (χ0) is 23.1. The van der Waals surface area contributed by atoms with E-state index in [0.29, 0.717) is 29.2 Å². The van der Waals surface area contributed by atoms with Crippen molar-refractivity contribution in [1.29, 1.82) is 5.26 Å². The number of carbonyl (C=O) groups is 1. The van der Waals surface area contributed by atoms with E-state index in [1.807, 2.05) is 54.6 Å². The molecule has 0 bridgehead atoms. The first-order valence-electron chi connectivity index (χ1n) is 10.5. The standard InChI is InChI=1S/C26H19Cl2NO4/c27-26(28)16-25(26,19-11-9-17(10-12-19)23-15-31-23)24(30)33-22(14-29)18-5-4-8-21(13-18)32-20-6-2-1-3-7-20/h1-13,22-23H,15-16H2. The highest BCUT2D eigenvalue weighted by molar-refractivity contribution is 6.54. The maximum atomic E-state index is 13.3. The maximum Gasteiger partial charge on any atom is 0.321 e. The van der Waals surface area contributed by atoms with Crippen LogP contribution in [-0.2, 0) is 19.7 Å². The maximum absolute atomic E-state index is 13.3. The van der Waals surface area contributed by atoms with Crippen molar-refractivity contribution in [3.05, 3.63) is 95.6 Å². The van der Waals surface area contributed by atoms with E-state index in [2.05, 4.69) is 6.07 Å². The van der Waals surface area contributed by atoms with E-state index in [1.54, 1.807) is 24.3 Å². The molecule has 1 aliphatic heterocycles. The van der Waals surface area contributed by atoms with Gasteiger partial charge < -0.3 is 14.2 Å². The Labute approximate surface area is 201 Å². The van der Waals surface area contributed by atoms with Gasteiger partial charge in [-0.15, -0.1) is 0 Å². The highest BCUT2D eigenvalue weighted by Crippen LogP contribution is 2.65. The van der Waals surface area contributed by atoms with Crippen LogP contribution in [0.5, 0.6) is 11.5 Å². The second-order valence-corrected chi connectivity index (χ2v) is 9.62. The molecular weight excluding hydrogens is 461 g/mol. The number of benzene rings is 3. The Balaban J connectivity index is 1.36. The number of epoxide rings is 1. The SMILES string of the molecule is N#CC(OC(=O)C1(c2ccc(C3CO3)cc2)CC1(Cl)Cl)c1cccc(Oc2ccccc2)c1. The summed E-state index contributed by atoms with van der Waals surface area (Å²) in [6.45, 7) is 0.693. The lowest BCUT2D eigenvalue weighted by Gasteiger charge is -2.20. The molecule has 33 heavy (non-hydrogen) atoms. The molecule has 0 amide bonds. The van der Waals surface area contributed by atoms with Gasteiger partial charge in [0.25, 0.3) is 0 Å². The van der Waals surface area contributed by atoms with Crippen molar-refractivity contribution in [2.75, 3.05) is 6.61 Å². The molecule has 0 radical (unpaired) electrons. The molecule has 1 saturated carbocycles. The number of nitrogens with zero attached hydrogens (tertiary/aromatic N) is 1. The number of esters is 1. The van der Waals surface area contributed by atoms with E-state index in [9.17, 15) is 10.1 Å². The topological polar surface area (TPSA) is 71.8 Å². The smallest absolute Gasteiger partial charge is 0.321 e. The van der Waals surface area contributed by atoms with Gasteiger partial charge in [-0.2, -0.15) is 5.26 Å². The molecule has 0 spiro atoms. The van der Waals surface area contributed by atoms with E-state index in [-0.39, 0.29) is 12.5 Å². The fraction of sp³-hybridized carbons (Fsp3) is 0.231. The van der Waals surface area contributed by atoms with Gasteiger partial charge in [-0.25, -0.2) is 0 Å². The molecular formula is C26H19Cl2NO4. The number of rotatable bonds is 7. The summed E-state index contributed by atoms with van der Waals surface area (Å²) in [6.07, 6.45) is -0.833. The Morgan fingerprint density at radius 2 is 1.70 bits per heavy atom. The van der Waals surface area contributed by atoms with Crippen LogP contribution in [0.4, 0.5) is 0 Å². The molecule has 3 atom stereocenters. The first-order chi connectivity index (χ1) is 15.9. The first kappa shape index (κ1) is 21.8. The van der Waals surface area contributed by atoms with Crippen molar-refractivity contribution in [2.24, 2.45) is 0 Å². The molecule has 2 fully saturated rings. The molecule has 0 N–H and O–H groups in total. The molecule has 3 unspecified atom stereocenters. The fourth-order valence-corrected chi connectivity index (χ4v) is 4.68. The molecule has 7 heteroatoms. The van der Waals surface area contributed by atoms with Gasteiger partial charge in [0.2, 0.25) is 6.10 Å². The van der Waals surface area contributed by atoms with Gasteiger partial charge in [-0.3, -0.25) is 4.79 Å². The normalized spacial score (nSPS) is 23.1. The van der Waals surface area contributed by atoms with Crippen molar-refractivity contribution < 1.29 is 19.0 Å². The predicted octanol–water partition coefficient (Wildman–Crippen LogP) is 6.17. The van der Waals surface area contributed by atoms with Crippen molar-refractivity contribution in [1.82, 2.24) is 0 Å². The summed E-state index contributed by atoms with van der Waals surface area (Å²) in [7, 11) is 0. The predicted molar refractivity (Wildman–Crippen MR) is 123 cm³/mol. The average molecular weight is 480 g/mol. The van der Waals surface area contributed by atoms with Gasteiger partial charge in [0.15, 0.2) is 0 Å². The van der Waals surface area contributed by atoms with Crippen molar-refractivity contribution in [3.63, 3.8) is 0 Å². The van der Waals surface area contributed by atoms with Crippen LogP contribution < -0.4 is 4.74 Å². The molecule has 3 aromatic carbocycles. The van der Waals surface area contributed by atoms with Crippen LogP contribution in [0.3, 0.4) is 0 Å². The lowest BCUT2D eigenvalue weighted by Crippen LogP contribution is -2.30. The van der Waals surface area contributed by atoms with Crippen LogP contribution in [-0.4, -0.2) is 16.9 Å². The van der Waals surface area contributed by atoms with E-state index >= 15 is 0 Å². The zero-order valence-corrected chi connectivity index (χ0v) is 18.9. The Hall–Kier alpha value is -3.04. The number of alkyl halides is 2. The molecule has 5 rings (SSSR count). The monoisotopic (exact) mass is 479 g/mol. The fourth-order valence-electron chi connectivity index (χ4n) is 3.91. The minimum Gasteiger partial charge on any atom is -0.457 e. The molecule has 166 valence electrons. The van der Waals surface area contributed by atoms with Crippen LogP contribution in [0.2, 0.25) is 0 Å². The second-order valence-electron chi connectivity index (χ2n) is 8.13. The summed E-state index contributed by atoms with van der Waals surface area (Å²) in [6, 6.07) is 25.6. The van der Waals surface area contributed by atoms with E-state index in [4.69, 9.17) is 37.4 Å².